The van der Waals surface area contributed by atoms with E-state index in [1.165, 1.54) is 6.07 Å². The molecular weight excluding hydrogens is 367 g/mol. The van der Waals surface area contributed by atoms with Gasteiger partial charge in [0.2, 0.25) is 0 Å². The monoisotopic (exact) mass is 389 g/mol. The van der Waals surface area contributed by atoms with Gasteiger partial charge in [0, 0.05) is 36.5 Å². The molecule has 0 bridgehead atoms. The lowest BCUT2D eigenvalue weighted by atomic mass is 10.0. The fourth-order valence-corrected chi connectivity index (χ4v) is 3.57. The van der Waals surface area contributed by atoms with Crippen LogP contribution < -0.4 is 16.0 Å². The molecule has 5 nitrogen and oxygen atoms in total. The summed E-state index contributed by atoms with van der Waals surface area (Å²) in [5, 5.41) is 9.89. The molecule has 0 amide bonds. The molecule has 3 N–H and O–H groups in total. The molecule has 0 unspecified atom stereocenters. The van der Waals surface area contributed by atoms with E-state index in [1.54, 1.807) is 6.07 Å². The summed E-state index contributed by atoms with van der Waals surface area (Å²) in [7, 11) is 0. The average molecular weight is 389 g/mol. The highest BCUT2D eigenvalue weighted by Gasteiger charge is 2.30. The minimum Gasteiger partial charge on any atom is -0.366 e. The molecule has 8 heteroatoms. The van der Waals surface area contributed by atoms with Gasteiger partial charge in [0.05, 0.1) is 12.1 Å². The number of hydrogen-bond acceptors (Lipinski definition) is 5. The molecule has 0 spiro atoms. The van der Waals surface area contributed by atoms with Crippen molar-refractivity contribution in [2.45, 2.75) is 38.0 Å². The van der Waals surface area contributed by atoms with Crippen molar-refractivity contribution in [3.8, 4) is 0 Å². The second-order valence-electron chi connectivity index (χ2n) is 7.11. The number of hydrogen-bond donors (Lipinski definition) is 3. The standard InChI is InChI=1S/C20H22F3N5/c21-20(22,23)14-3-1-4-15(10-14)27-19-17-12-25-8-6-13(17)9-18(28-19)26-16-5-2-7-24-11-16/h1,3-4,8-10,16,24H,2,5-7,11-12H2,(H2,26,27,28)/t16-/m1/s1. The fraction of sp³-hybridized carbons (Fsp3) is 0.400. The number of piperidine rings is 1. The Bertz CT molecular complexity index is 873. The zero-order valence-electron chi connectivity index (χ0n) is 15.3. The van der Waals surface area contributed by atoms with Crippen molar-refractivity contribution in [1.82, 2.24) is 10.3 Å². The van der Waals surface area contributed by atoms with Crippen LogP contribution in [0, 0.1) is 0 Å². The van der Waals surface area contributed by atoms with Crippen molar-refractivity contribution in [2.75, 3.05) is 23.7 Å². The molecule has 1 atom stereocenters. The van der Waals surface area contributed by atoms with Gasteiger partial charge in [0.25, 0.3) is 0 Å². The maximum atomic E-state index is 13.0. The number of anilines is 3. The number of nitrogens with zero attached hydrogens (tertiary/aromatic N) is 2. The molecule has 1 fully saturated rings. The average Bonchev–Trinajstić information content (AvgIpc) is 2.68. The number of halogens is 3. The third-order valence-corrected chi connectivity index (χ3v) is 5.01. The van der Waals surface area contributed by atoms with E-state index in [1.807, 2.05) is 12.3 Å². The molecule has 2 aromatic rings. The van der Waals surface area contributed by atoms with E-state index in [9.17, 15) is 13.2 Å². The fourth-order valence-electron chi connectivity index (χ4n) is 3.57. The number of nitrogens with one attached hydrogen (secondary N) is 3. The number of rotatable bonds is 4. The summed E-state index contributed by atoms with van der Waals surface area (Å²) in [6.07, 6.45) is 0.329. The quantitative estimate of drug-likeness (QED) is 0.736. The number of pyridine rings is 1. The highest BCUT2D eigenvalue weighted by Crippen LogP contribution is 2.33. The van der Waals surface area contributed by atoms with Gasteiger partial charge in [-0.1, -0.05) is 6.07 Å². The normalized spacial score (nSPS) is 19.2. The molecule has 2 aliphatic heterocycles. The molecule has 3 heterocycles. The first-order chi connectivity index (χ1) is 13.5. The van der Waals surface area contributed by atoms with Gasteiger partial charge in [-0.05, 0) is 49.2 Å². The van der Waals surface area contributed by atoms with Crippen LogP contribution in [-0.2, 0) is 19.1 Å². The van der Waals surface area contributed by atoms with Crippen LogP contribution >= 0.6 is 0 Å². The Labute approximate surface area is 161 Å². The molecule has 4 rings (SSSR count). The van der Waals surface area contributed by atoms with Gasteiger partial charge in [-0.15, -0.1) is 0 Å². The van der Waals surface area contributed by atoms with Gasteiger partial charge >= 0.3 is 6.18 Å². The molecule has 1 aromatic heterocycles. The topological polar surface area (TPSA) is 61.3 Å². The summed E-state index contributed by atoms with van der Waals surface area (Å²) >= 11 is 0. The molecule has 0 saturated carbocycles. The lowest BCUT2D eigenvalue weighted by molar-refractivity contribution is -0.137. The zero-order valence-corrected chi connectivity index (χ0v) is 15.3. The largest absolute Gasteiger partial charge is 0.416 e. The van der Waals surface area contributed by atoms with Crippen LogP contribution in [0.3, 0.4) is 0 Å². The Balaban J connectivity index is 1.63. The summed E-state index contributed by atoms with van der Waals surface area (Å²) in [4.78, 5) is 8.97. The van der Waals surface area contributed by atoms with Gasteiger partial charge in [-0.25, -0.2) is 4.98 Å². The van der Waals surface area contributed by atoms with E-state index in [-0.39, 0.29) is 6.04 Å². The van der Waals surface area contributed by atoms with E-state index in [0.717, 1.165) is 55.0 Å². The van der Waals surface area contributed by atoms with Gasteiger partial charge < -0.3 is 16.0 Å². The number of aliphatic imine (C=N–C) groups is 1. The van der Waals surface area contributed by atoms with Gasteiger partial charge in [0.1, 0.15) is 11.6 Å². The maximum Gasteiger partial charge on any atom is 0.416 e. The van der Waals surface area contributed by atoms with E-state index in [0.29, 0.717) is 24.5 Å². The Morgan fingerprint density at radius 2 is 2.07 bits per heavy atom. The minimum atomic E-state index is -4.38. The lowest BCUT2D eigenvalue weighted by Gasteiger charge is -2.26. The van der Waals surface area contributed by atoms with Crippen molar-refractivity contribution >= 4 is 23.5 Å². The third kappa shape index (κ3) is 4.27. The van der Waals surface area contributed by atoms with Crippen LogP contribution in [0.1, 0.15) is 29.5 Å². The van der Waals surface area contributed by atoms with E-state index in [2.05, 4.69) is 25.9 Å². The lowest BCUT2D eigenvalue weighted by Crippen LogP contribution is -2.38. The van der Waals surface area contributed by atoms with Gasteiger partial charge in [-0.3, -0.25) is 4.99 Å². The SMILES string of the molecule is FC(F)(F)c1cccc(Nc2nc(N[C@@H]3CCCNC3)cc3c2CN=CC3)c1. The summed E-state index contributed by atoms with van der Waals surface area (Å²) in [5.74, 6) is 1.29. The first kappa shape index (κ1) is 18.7. The van der Waals surface area contributed by atoms with Crippen molar-refractivity contribution in [3.63, 3.8) is 0 Å². The smallest absolute Gasteiger partial charge is 0.366 e. The second kappa shape index (κ2) is 7.79. The highest BCUT2D eigenvalue weighted by atomic mass is 19.4. The third-order valence-electron chi connectivity index (χ3n) is 5.01. The molecule has 1 aromatic carbocycles. The summed E-state index contributed by atoms with van der Waals surface area (Å²) in [5.41, 5.74) is 1.68. The van der Waals surface area contributed by atoms with E-state index in [4.69, 9.17) is 0 Å². The first-order valence-corrected chi connectivity index (χ1v) is 9.41. The van der Waals surface area contributed by atoms with Gasteiger partial charge in [-0.2, -0.15) is 13.2 Å². The molecular formula is C20H22F3N5. The highest BCUT2D eigenvalue weighted by molar-refractivity contribution is 5.71. The Kier molecular flexibility index (Phi) is 5.21. The molecule has 0 aliphatic carbocycles. The maximum absolute atomic E-state index is 13.0. The van der Waals surface area contributed by atoms with Crippen molar-refractivity contribution in [1.29, 1.82) is 0 Å². The van der Waals surface area contributed by atoms with E-state index < -0.39 is 11.7 Å². The van der Waals surface area contributed by atoms with Gasteiger partial charge in [0.15, 0.2) is 0 Å². The Hall–Kier alpha value is -2.61. The van der Waals surface area contributed by atoms with Crippen LogP contribution in [0.5, 0.6) is 0 Å². The van der Waals surface area contributed by atoms with Crippen LogP contribution in [0.2, 0.25) is 0 Å². The molecule has 1 saturated heterocycles. The number of fused-ring (bicyclic) bond motifs is 1. The molecule has 28 heavy (non-hydrogen) atoms. The number of alkyl halides is 3. The van der Waals surface area contributed by atoms with Crippen LogP contribution in [0.15, 0.2) is 35.3 Å². The summed E-state index contributed by atoms with van der Waals surface area (Å²) < 4.78 is 39.1. The minimum absolute atomic E-state index is 0.290. The van der Waals surface area contributed by atoms with Crippen LogP contribution in [0.4, 0.5) is 30.5 Å². The van der Waals surface area contributed by atoms with Crippen LogP contribution in [-0.4, -0.2) is 30.3 Å². The van der Waals surface area contributed by atoms with Crippen molar-refractivity contribution < 1.29 is 13.2 Å². The predicted molar refractivity (Wildman–Crippen MR) is 104 cm³/mol. The Morgan fingerprint density at radius 3 is 2.86 bits per heavy atom. The van der Waals surface area contributed by atoms with Crippen LogP contribution in [0.25, 0.3) is 0 Å². The first-order valence-electron chi connectivity index (χ1n) is 9.41. The second-order valence-corrected chi connectivity index (χ2v) is 7.11. The molecule has 2 aliphatic rings. The zero-order chi connectivity index (χ0) is 19.6. The number of benzene rings is 1. The van der Waals surface area contributed by atoms with Crippen molar-refractivity contribution in [3.05, 3.63) is 47.0 Å². The Morgan fingerprint density at radius 1 is 1.18 bits per heavy atom. The molecule has 148 valence electrons. The summed E-state index contributed by atoms with van der Waals surface area (Å²) in [6.45, 7) is 2.36. The predicted octanol–water partition coefficient (Wildman–Crippen LogP) is 4.13. The summed E-state index contributed by atoms with van der Waals surface area (Å²) in [6, 6.07) is 7.48. The molecule has 0 radical (unpaired) electrons. The van der Waals surface area contributed by atoms with Crippen molar-refractivity contribution in [2.24, 2.45) is 4.99 Å². The number of aromatic nitrogens is 1. The van der Waals surface area contributed by atoms with E-state index >= 15 is 0 Å².